The minimum Gasteiger partial charge on any atom is -0.459 e. The van der Waals surface area contributed by atoms with Crippen molar-refractivity contribution in [2.45, 2.75) is 39.2 Å². The summed E-state index contributed by atoms with van der Waals surface area (Å²) in [5.41, 5.74) is -1.09. The van der Waals surface area contributed by atoms with Gasteiger partial charge < -0.3 is 15.0 Å². The van der Waals surface area contributed by atoms with E-state index in [0.717, 1.165) is 0 Å². The Bertz CT molecular complexity index is 636. The van der Waals surface area contributed by atoms with E-state index in [1.807, 2.05) is 30.3 Å². The number of piperidine rings is 1. The van der Waals surface area contributed by atoms with Gasteiger partial charge in [-0.3, -0.25) is 4.79 Å². The van der Waals surface area contributed by atoms with Crippen molar-refractivity contribution in [1.29, 1.82) is 5.26 Å². The molecule has 0 atom stereocenters. The highest BCUT2D eigenvalue weighted by molar-refractivity contribution is 5.89. The van der Waals surface area contributed by atoms with Gasteiger partial charge in [0.05, 0.1) is 6.07 Å². The van der Waals surface area contributed by atoms with Crippen molar-refractivity contribution in [3.63, 3.8) is 0 Å². The van der Waals surface area contributed by atoms with E-state index in [0.29, 0.717) is 18.8 Å². The van der Waals surface area contributed by atoms with Crippen LogP contribution < -0.4 is 5.32 Å². The molecule has 1 fully saturated rings. The maximum absolute atomic E-state index is 12.4. The van der Waals surface area contributed by atoms with Crippen LogP contribution >= 0.6 is 0 Å². The van der Waals surface area contributed by atoms with Gasteiger partial charge in [0.2, 0.25) is 0 Å². The van der Waals surface area contributed by atoms with Crippen molar-refractivity contribution in [2.24, 2.45) is 5.41 Å². The summed E-state index contributed by atoms with van der Waals surface area (Å²) in [5.74, 6) is -0.499. The molecule has 1 aromatic carbocycles. The van der Waals surface area contributed by atoms with Crippen LogP contribution in [0.2, 0.25) is 0 Å². The second-order valence-corrected chi connectivity index (χ2v) is 6.98. The first-order valence-electron chi connectivity index (χ1n) is 8.01. The Morgan fingerprint density at radius 3 is 2.29 bits per heavy atom. The maximum atomic E-state index is 12.4. The Hall–Kier alpha value is -2.55. The van der Waals surface area contributed by atoms with Gasteiger partial charge in [0, 0.05) is 18.8 Å². The lowest BCUT2D eigenvalue weighted by molar-refractivity contribution is -0.166. The van der Waals surface area contributed by atoms with E-state index in [1.54, 1.807) is 25.7 Å². The average Bonchev–Trinajstić information content (AvgIpc) is 2.54. The second-order valence-electron chi connectivity index (χ2n) is 6.98. The summed E-state index contributed by atoms with van der Waals surface area (Å²) in [4.78, 5) is 26.3. The average molecular weight is 329 g/mol. The Morgan fingerprint density at radius 2 is 1.79 bits per heavy atom. The number of ether oxygens (including phenoxy) is 1. The van der Waals surface area contributed by atoms with Crippen LogP contribution in [0.1, 0.15) is 33.6 Å². The van der Waals surface area contributed by atoms with Crippen molar-refractivity contribution >= 4 is 17.7 Å². The van der Waals surface area contributed by atoms with Gasteiger partial charge in [0.1, 0.15) is 5.60 Å². The lowest BCUT2D eigenvalue weighted by atomic mass is 9.79. The Balaban J connectivity index is 1.97. The highest BCUT2D eigenvalue weighted by Crippen LogP contribution is 2.34. The van der Waals surface area contributed by atoms with E-state index in [4.69, 9.17) is 4.74 Å². The number of hydrogen-bond acceptors (Lipinski definition) is 4. The highest BCUT2D eigenvalue weighted by Gasteiger charge is 2.45. The monoisotopic (exact) mass is 329 g/mol. The van der Waals surface area contributed by atoms with E-state index < -0.39 is 17.0 Å². The molecule has 1 aromatic rings. The number of hydrogen-bond donors (Lipinski definition) is 1. The lowest BCUT2D eigenvalue weighted by Crippen LogP contribution is -2.48. The number of likely N-dealkylation sites (tertiary alicyclic amines) is 1. The zero-order chi connectivity index (χ0) is 17.8. The summed E-state index contributed by atoms with van der Waals surface area (Å²) in [5, 5.41) is 12.3. The number of para-hydroxylation sites is 1. The molecule has 1 saturated heterocycles. The third kappa shape index (κ3) is 4.25. The van der Waals surface area contributed by atoms with Crippen molar-refractivity contribution in [2.75, 3.05) is 18.4 Å². The van der Waals surface area contributed by atoms with E-state index in [9.17, 15) is 14.9 Å². The number of anilines is 1. The van der Waals surface area contributed by atoms with Crippen LogP contribution in [0.4, 0.5) is 10.5 Å². The third-order valence-corrected chi connectivity index (χ3v) is 3.93. The molecule has 1 aliphatic heterocycles. The zero-order valence-electron chi connectivity index (χ0n) is 14.3. The van der Waals surface area contributed by atoms with Gasteiger partial charge in [-0.1, -0.05) is 18.2 Å². The predicted octanol–water partition coefficient (Wildman–Crippen LogP) is 3.17. The van der Waals surface area contributed by atoms with Crippen LogP contribution in [0.15, 0.2) is 30.3 Å². The summed E-state index contributed by atoms with van der Waals surface area (Å²) in [7, 11) is 0. The molecule has 0 saturated carbocycles. The summed E-state index contributed by atoms with van der Waals surface area (Å²) in [6.45, 7) is 6.01. The van der Waals surface area contributed by atoms with Crippen LogP contribution in [0.3, 0.4) is 0 Å². The molecule has 0 radical (unpaired) electrons. The fraction of sp³-hybridized carbons (Fsp3) is 0.500. The molecule has 1 heterocycles. The number of nitrogens with zero attached hydrogens (tertiary/aromatic N) is 2. The summed E-state index contributed by atoms with van der Waals surface area (Å²) < 4.78 is 5.38. The SMILES string of the molecule is CC(C)(C)OC(=O)C1(C#N)CCN(C(=O)Nc2ccccc2)CC1. The molecule has 6 heteroatoms. The number of carbonyl (C=O) groups is 2. The molecule has 2 amide bonds. The Labute approximate surface area is 142 Å². The third-order valence-electron chi connectivity index (χ3n) is 3.93. The normalized spacial score (nSPS) is 16.8. The lowest BCUT2D eigenvalue weighted by Gasteiger charge is -2.37. The molecule has 0 aliphatic carbocycles. The molecule has 1 aliphatic rings. The standard InChI is InChI=1S/C18H23N3O3/c1-17(2,3)24-15(22)18(13-19)9-11-21(12-10-18)16(23)20-14-7-5-4-6-8-14/h4-8H,9-12H2,1-3H3,(H,20,23). The van der Waals surface area contributed by atoms with Gasteiger partial charge in [0.15, 0.2) is 5.41 Å². The molecule has 128 valence electrons. The van der Waals surface area contributed by atoms with E-state index in [2.05, 4.69) is 11.4 Å². The van der Waals surface area contributed by atoms with Gasteiger partial charge in [-0.2, -0.15) is 5.26 Å². The van der Waals surface area contributed by atoms with E-state index in [1.165, 1.54) is 0 Å². The molecular weight excluding hydrogens is 306 g/mol. The molecule has 2 rings (SSSR count). The van der Waals surface area contributed by atoms with Crippen molar-refractivity contribution < 1.29 is 14.3 Å². The first-order valence-corrected chi connectivity index (χ1v) is 8.01. The quantitative estimate of drug-likeness (QED) is 0.845. The number of nitrogens with one attached hydrogen (secondary N) is 1. The Kier molecular flexibility index (Phi) is 5.13. The molecule has 24 heavy (non-hydrogen) atoms. The van der Waals surface area contributed by atoms with Crippen molar-refractivity contribution in [3.05, 3.63) is 30.3 Å². The van der Waals surface area contributed by atoms with E-state index in [-0.39, 0.29) is 18.9 Å². The van der Waals surface area contributed by atoms with Crippen LogP contribution in [0.5, 0.6) is 0 Å². The predicted molar refractivity (Wildman–Crippen MR) is 90.2 cm³/mol. The van der Waals surface area contributed by atoms with Crippen molar-refractivity contribution in [1.82, 2.24) is 4.90 Å². The smallest absolute Gasteiger partial charge is 0.327 e. The fourth-order valence-electron chi connectivity index (χ4n) is 2.55. The fourth-order valence-corrected chi connectivity index (χ4v) is 2.55. The van der Waals surface area contributed by atoms with Gasteiger partial charge in [-0.25, -0.2) is 4.79 Å². The van der Waals surface area contributed by atoms with Crippen LogP contribution in [-0.4, -0.2) is 35.6 Å². The van der Waals surface area contributed by atoms with Crippen molar-refractivity contribution in [3.8, 4) is 6.07 Å². The summed E-state index contributed by atoms with van der Waals surface area (Å²) in [6.07, 6.45) is 0.557. The van der Waals surface area contributed by atoms with Gasteiger partial charge in [0.25, 0.3) is 0 Å². The number of urea groups is 1. The number of nitriles is 1. The van der Waals surface area contributed by atoms with Gasteiger partial charge in [-0.05, 0) is 45.7 Å². The van der Waals surface area contributed by atoms with Crippen LogP contribution in [0.25, 0.3) is 0 Å². The molecule has 1 N–H and O–H groups in total. The number of esters is 1. The molecular formula is C18H23N3O3. The molecule has 0 spiro atoms. The molecule has 0 bridgehead atoms. The molecule has 0 unspecified atom stereocenters. The molecule has 6 nitrogen and oxygen atoms in total. The van der Waals surface area contributed by atoms with Gasteiger partial charge in [-0.15, -0.1) is 0 Å². The first kappa shape index (κ1) is 17.8. The zero-order valence-corrected chi connectivity index (χ0v) is 14.3. The number of benzene rings is 1. The largest absolute Gasteiger partial charge is 0.459 e. The summed E-state index contributed by atoms with van der Waals surface area (Å²) >= 11 is 0. The number of amides is 2. The first-order chi connectivity index (χ1) is 11.3. The van der Waals surface area contributed by atoms with E-state index >= 15 is 0 Å². The Morgan fingerprint density at radius 1 is 1.21 bits per heavy atom. The van der Waals surface area contributed by atoms with Crippen LogP contribution in [-0.2, 0) is 9.53 Å². The number of rotatable bonds is 2. The minimum absolute atomic E-state index is 0.225. The van der Waals surface area contributed by atoms with Crippen LogP contribution in [0, 0.1) is 16.7 Å². The second kappa shape index (κ2) is 6.91. The van der Waals surface area contributed by atoms with Gasteiger partial charge >= 0.3 is 12.0 Å². The summed E-state index contributed by atoms with van der Waals surface area (Å²) in [6, 6.07) is 11.1. The maximum Gasteiger partial charge on any atom is 0.327 e. The number of carbonyl (C=O) groups excluding carboxylic acids is 2. The molecule has 0 aromatic heterocycles. The topological polar surface area (TPSA) is 82.4 Å². The minimum atomic E-state index is -1.17. The highest BCUT2D eigenvalue weighted by atomic mass is 16.6.